The van der Waals surface area contributed by atoms with Gasteiger partial charge in [0.1, 0.15) is 0 Å². The number of rotatable bonds is 4. The lowest BCUT2D eigenvalue weighted by atomic mass is 9.65. The fourth-order valence-electron chi connectivity index (χ4n) is 4.50. The van der Waals surface area contributed by atoms with E-state index < -0.39 is 0 Å². The highest BCUT2D eigenvalue weighted by molar-refractivity contribution is 7.19. The summed E-state index contributed by atoms with van der Waals surface area (Å²) < 4.78 is 0. The Morgan fingerprint density at radius 2 is 2.07 bits per heavy atom. The zero-order chi connectivity index (χ0) is 20.6. The molecule has 29 heavy (non-hydrogen) atoms. The summed E-state index contributed by atoms with van der Waals surface area (Å²) >= 11 is 7.41. The van der Waals surface area contributed by atoms with Gasteiger partial charge in [0, 0.05) is 23.1 Å². The van der Waals surface area contributed by atoms with Crippen molar-refractivity contribution in [2.75, 3.05) is 5.32 Å². The zero-order valence-corrected chi connectivity index (χ0v) is 18.0. The number of carbonyl (C=O) groups is 2. The Bertz CT molecular complexity index is 1010. The van der Waals surface area contributed by atoms with E-state index in [-0.39, 0.29) is 23.0 Å². The maximum atomic E-state index is 13.2. The molecular formula is C23H23ClN2O2S. The van der Waals surface area contributed by atoms with E-state index in [1.54, 1.807) is 12.3 Å². The molecule has 4 nitrogen and oxygen atoms in total. The van der Waals surface area contributed by atoms with Gasteiger partial charge in [-0.2, -0.15) is 0 Å². The number of aromatic nitrogens is 1. The molecular weight excluding hydrogens is 404 g/mol. The summed E-state index contributed by atoms with van der Waals surface area (Å²) in [6.45, 7) is 4.30. The molecule has 1 heterocycles. The summed E-state index contributed by atoms with van der Waals surface area (Å²) in [5, 5.41) is 4.29. The van der Waals surface area contributed by atoms with Crippen molar-refractivity contribution < 1.29 is 9.59 Å². The SMILES string of the molecule is CC(C)C1=CC[C@H](C(=O)Nc2ncc(-c3ccc(Cl)cc3)s2)[C@@]12C=CC(=O)CC2. The van der Waals surface area contributed by atoms with Crippen molar-refractivity contribution in [2.45, 2.75) is 33.1 Å². The van der Waals surface area contributed by atoms with Crippen LogP contribution in [-0.2, 0) is 9.59 Å². The van der Waals surface area contributed by atoms with E-state index in [1.807, 2.05) is 30.3 Å². The largest absolute Gasteiger partial charge is 0.302 e. The van der Waals surface area contributed by atoms with Gasteiger partial charge in [-0.1, -0.05) is 66.6 Å². The molecule has 0 bridgehead atoms. The van der Waals surface area contributed by atoms with Crippen molar-refractivity contribution in [3.05, 3.63) is 59.3 Å². The minimum atomic E-state index is -0.359. The lowest BCUT2D eigenvalue weighted by Crippen LogP contribution is -2.38. The fraction of sp³-hybridized carbons (Fsp3) is 0.348. The number of hydrogen-bond acceptors (Lipinski definition) is 4. The van der Waals surface area contributed by atoms with Gasteiger partial charge in [-0.3, -0.25) is 9.59 Å². The predicted octanol–water partition coefficient (Wildman–Crippen LogP) is 5.91. The molecule has 1 N–H and O–H groups in total. The van der Waals surface area contributed by atoms with E-state index >= 15 is 0 Å². The number of ketones is 1. The summed E-state index contributed by atoms with van der Waals surface area (Å²) in [6, 6.07) is 7.56. The fourth-order valence-corrected chi connectivity index (χ4v) is 5.45. The van der Waals surface area contributed by atoms with Crippen molar-refractivity contribution in [3.8, 4) is 10.4 Å². The normalized spacial score (nSPS) is 23.7. The lowest BCUT2D eigenvalue weighted by molar-refractivity contribution is -0.123. The standard InChI is InChI=1S/C23H23ClN2O2S/c1-14(2)18-7-8-19(23(18)11-9-17(27)10-12-23)21(28)26-22-25-13-20(29-22)15-3-5-16(24)6-4-15/h3-7,9,11,13-14,19H,8,10,12H2,1-2H3,(H,25,26,28)/t19-,23-/m1/s1. The van der Waals surface area contributed by atoms with Crippen LogP contribution in [0.2, 0.25) is 5.02 Å². The van der Waals surface area contributed by atoms with Gasteiger partial charge in [0.05, 0.1) is 10.8 Å². The molecule has 2 aliphatic rings. The van der Waals surface area contributed by atoms with Gasteiger partial charge in [-0.05, 0) is 42.5 Å². The third kappa shape index (κ3) is 3.81. The molecule has 1 amide bonds. The average molecular weight is 427 g/mol. The first-order valence-electron chi connectivity index (χ1n) is 9.84. The third-order valence-electron chi connectivity index (χ3n) is 5.89. The highest BCUT2D eigenvalue weighted by Gasteiger charge is 2.48. The van der Waals surface area contributed by atoms with Crippen molar-refractivity contribution in [2.24, 2.45) is 17.3 Å². The molecule has 2 aromatic rings. The highest BCUT2D eigenvalue weighted by atomic mass is 35.5. The van der Waals surface area contributed by atoms with E-state index in [1.165, 1.54) is 16.9 Å². The molecule has 0 saturated carbocycles. The van der Waals surface area contributed by atoms with Gasteiger partial charge in [0.25, 0.3) is 0 Å². The molecule has 0 saturated heterocycles. The second-order valence-electron chi connectivity index (χ2n) is 7.97. The number of hydrogen-bond donors (Lipinski definition) is 1. The smallest absolute Gasteiger partial charge is 0.230 e. The molecule has 1 aromatic heterocycles. The predicted molar refractivity (Wildman–Crippen MR) is 118 cm³/mol. The molecule has 1 aromatic carbocycles. The Kier molecular flexibility index (Phi) is 5.45. The summed E-state index contributed by atoms with van der Waals surface area (Å²) in [4.78, 5) is 30.4. The number of nitrogens with zero attached hydrogens (tertiary/aromatic N) is 1. The van der Waals surface area contributed by atoms with Crippen LogP contribution in [0.1, 0.15) is 33.1 Å². The van der Waals surface area contributed by atoms with Crippen LogP contribution < -0.4 is 5.32 Å². The van der Waals surface area contributed by atoms with Crippen LogP contribution in [0.25, 0.3) is 10.4 Å². The average Bonchev–Trinajstić information content (AvgIpc) is 3.30. The molecule has 0 aliphatic heterocycles. The minimum absolute atomic E-state index is 0.0343. The maximum absolute atomic E-state index is 13.2. The van der Waals surface area contributed by atoms with Crippen LogP contribution in [0.15, 0.2) is 54.3 Å². The molecule has 0 unspecified atom stereocenters. The number of benzene rings is 1. The van der Waals surface area contributed by atoms with Crippen molar-refractivity contribution in [1.29, 1.82) is 0 Å². The Labute approximate surface area is 179 Å². The van der Waals surface area contributed by atoms with Crippen LogP contribution in [-0.4, -0.2) is 16.7 Å². The zero-order valence-electron chi connectivity index (χ0n) is 16.4. The van der Waals surface area contributed by atoms with Crippen LogP contribution in [0, 0.1) is 17.3 Å². The van der Waals surface area contributed by atoms with Gasteiger partial charge in [0.2, 0.25) is 5.91 Å². The van der Waals surface area contributed by atoms with E-state index in [0.29, 0.717) is 35.3 Å². The molecule has 2 aliphatic carbocycles. The molecule has 0 radical (unpaired) electrons. The molecule has 2 atom stereocenters. The Balaban J connectivity index is 1.55. The van der Waals surface area contributed by atoms with Gasteiger partial charge in [-0.25, -0.2) is 4.98 Å². The van der Waals surface area contributed by atoms with Crippen LogP contribution >= 0.6 is 22.9 Å². The molecule has 0 fully saturated rings. The van der Waals surface area contributed by atoms with Crippen LogP contribution in [0.5, 0.6) is 0 Å². The highest BCUT2D eigenvalue weighted by Crippen LogP contribution is 2.53. The number of anilines is 1. The first kappa shape index (κ1) is 20.0. The van der Waals surface area contributed by atoms with Crippen molar-refractivity contribution in [3.63, 3.8) is 0 Å². The molecule has 4 rings (SSSR count). The van der Waals surface area contributed by atoms with Crippen LogP contribution in [0.4, 0.5) is 5.13 Å². The maximum Gasteiger partial charge on any atom is 0.230 e. The number of thiazole rings is 1. The van der Waals surface area contributed by atoms with Gasteiger partial charge in [-0.15, -0.1) is 0 Å². The summed E-state index contributed by atoms with van der Waals surface area (Å²) in [5.41, 5.74) is 1.92. The van der Waals surface area contributed by atoms with Gasteiger partial charge >= 0.3 is 0 Å². The molecule has 6 heteroatoms. The summed E-state index contributed by atoms with van der Waals surface area (Å²) in [6.07, 6.45) is 9.46. The quantitative estimate of drug-likeness (QED) is 0.618. The van der Waals surface area contributed by atoms with Crippen molar-refractivity contribution in [1.82, 2.24) is 4.98 Å². The van der Waals surface area contributed by atoms with E-state index in [9.17, 15) is 9.59 Å². The Morgan fingerprint density at radius 1 is 1.31 bits per heavy atom. The summed E-state index contributed by atoms with van der Waals surface area (Å²) in [7, 11) is 0. The number of nitrogens with one attached hydrogen (secondary N) is 1. The Hall–Kier alpha value is -2.24. The van der Waals surface area contributed by atoms with E-state index in [4.69, 9.17) is 11.6 Å². The van der Waals surface area contributed by atoms with Crippen LogP contribution in [0.3, 0.4) is 0 Å². The summed E-state index contributed by atoms with van der Waals surface area (Å²) in [5.74, 6) is 0.222. The second-order valence-corrected chi connectivity index (χ2v) is 9.44. The first-order chi connectivity index (χ1) is 13.9. The number of allylic oxidation sites excluding steroid dienone is 4. The monoisotopic (exact) mass is 426 g/mol. The third-order valence-corrected chi connectivity index (χ3v) is 7.10. The van der Waals surface area contributed by atoms with Gasteiger partial charge in [0.15, 0.2) is 10.9 Å². The Morgan fingerprint density at radius 3 is 2.72 bits per heavy atom. The van der Waals surface area contributed by atoms with Crippen molar-refractivity contribution >= 4 is 39.8 Å². The minimum Gasteiger partial charge on any atom is -0.302 e. The topological polar surface area (TPSA) is 59.1 Å². The van der Waals surface area contributed by atoms with Gasteiger partial charge < -0.3 is 5.32 Å². The molecule has 1 spiro atoms. The number of halogens is 1. The first-order valence-corrected chi connectivity index (χ1v) is 11.0. The number of amides is 1. The van der Waals surface area contributed by atoms with E-state index in [2.05, 4.69) is 30.2 Å². The lowest BCUT2D eigenvalue weighted by Gasteiger charge is -2.38. The number of carbonyl (C=O) groups excluding carboxylic acids is 2. The molecule has 150 valence electrons. The van der Waals surface area contributed by atoms with E-state index in [0.717, 1.165) is 10.4 Å². The second kappa shape index (κ2) is 7.88.